The fourth-order valence-electron chi connectivity index (χ4n) is 2.51. The Balaban J connectivity index is 0.00000392. The number of aliphatic imine (C=N–C) groups is 1. The average molecular weight is 520 g/mol. The standard InChI is InChI=1S/C19H25FN4O2S.HI/c1-13-9-10-15(11-17(13)20)14(2)23-19(21-3)22-12-16-7-5-6-8-18(16)24-27(4,25)26;/h5-11,14,24H,12H2,1-4H3,(H2,21,22,23);1H. The summed E-state index contributed by atoms with van der Waals surface area (Å²) in [6, 6.07) is 12.1. The normalized spacial score (nSPS) is 12.7. The topological polar surface area (TPSA) is 82.6 Å². The first-order valence-electron chi connectivity index (χ1n) is 8.48. The molecule has 0 saturated heterocycles. The number of nitrogens with zero attached hydrogens (tertiary/aromatic N) is 1. The molecule has 154 valence electrons. The van der Waals surface area contributed by atoms with Crippen LogP contribution in [0.25, 0.3) is 0 Å². The summed E-state index contributed by atoms with van der Waals surface area (Å²) in [5.41, 5.74) is 2.69. The third-order valence-electron chi connectivity index (χ3n) is 4.03. The second kappa shape index (κ2) is 10.6. The first-order chi connectivity index (χ1) is 12.7. The molecule has 1 atom stereocenters. The number of guanidine groups is 1. The predicted molar refractivity (Wildman–Crippen MR) is 123 cm³/mol. The van der Waals surface area contributed by atoms with E-state index in [-0.39, 0.29) is 35.8 Å². The minimum atomic E-state index is -3.37. The second-order valence-corrected chi connectivity index (χ2v) is 8.08. The average Bonchev–Trinajstić information content (AvgIpc) is 2.60. The smallest absolute Gasteiger partial charge is 0.229 e. The molecule has 0 heterocycles. The van der Waals surface area contributed by atoms with Crippen LogP contribution in [-0.4, -0.2) is 27.7 Å². The fourth-order valence-corrected chi connectivity index (χ4v) is 3.11. The molecule has 6 nitrogen and oxygen atoms in total. The minimum absolute atomic E-state index is 0. The molecule has 2 rings (SSSR count). The molecular weight excluding hydrogens is 494 g/mol. The summed E-state index contributed by atoms with van der Waals surface area (Å²) in [6.45, 7) is 4.00. The number of anilines is 1. The van der Waals surface area contributed by atoms with Crippen LogP contribution in [0.5, 0.6) is 0 Å². The van der Waals surface area contributed by atoms with Crippen molar-refractivity contribution in [2.45, 2.75) is 26.4 Å². The Morgan fingerprint density at radius 3 is 2.50 bits per heavy atom. The summed E-state index contributed by atoms with van der Waals surface area (Å²) in [5.74, 6) is 0.280. The van der Waals surface area contributed by atoms with Crippen LogP contribution < -0.4 is 15.4 Å². The Morgan fingerprint density at radius 2 is 1.89 bits per heavy atom. The Bertz CT molecular complexity index is 935. The van der Waals surface area contributed by atoms with Crippen LogP contribution in [0, 0.1) is 12.7 Å². The molecule has 0 bridgehead atoms. The van der Waals surface area contributed by atoms with Gasteiger partial charge in [0.25, 0.3) is 0 Å². The van der Waals surface area contributed by atoms with Crippen molar-refractivity contribution in [2.75, 3.05) is 18.0 Å². The Morgan fingerprint density at radius 1 is 1.21 bits per heavy atom. The van der Waals surface area contributed by atoms with Crippen molar-refractivity contribution < 1.29 is 12.8 Å². The molecule has 0 aliphatic carbocycles. The summed E-state index contributed by atoms with van der Waals surface area (Å²) >= 11 is 0. The van der Waals surface area contributed by atoms with Gasteiger partial charge >= 0.3 is 0 Å². The van der Waals surface area contributed by atoms with Crippen molar-refractivity contribution in [2.24, 2.45) is 4.99 Å². The number of para-hydroxylation sites is 1. The van der Waals surface area contributed by atoms with E-state index in [1.54, 1.807) is 32.2 Å². The molecule has 0 saturated carbocycles. The fraction of sp³-hybridized carbons (Fsp3) is 0.316. The van der Waals surface area contributed by atoms with Crippen LogP contribution in [0.15, 0.2) is 47.5 Å². The molecule has 0 amide bonds. The van der Waals surface area contributed by atoms with E-state index in [2.05, 4.69) is 20.3 Å². The summed E-state index contributed by atoms with van der Waals surface area (Å²) in [4.78, 5) is 4.17. The largest absolute Gasteiger partial charge is 0.352 e. The van der Waals surface area contributed by atoms with Crippen molar-refractivity contribution in [3.63, 3.8) is 0 Å². The molecule has 0 spiro atoms. The molecule has 9 heteroatoms. The summed E-state index contributed by atoms with van der Waals surface area (Å²) < 4.78 is 39.3. The van der Waals surface area contributed by atoms with Crippen LogP contribution in [-0.2, 0) is 16.6 Å². The number of rotatable bonds is 6. The van der Waals surface area contributed by atoms with Crippen LogP contribution in [0.1, 0.15) is 29.7 Å². The van der Waals surface area contributed by atoms with E-state index >= 15 is 0 Å². The molecule has 0 fully saturated rings. The highest BCUT2D eigenvalue weighted by atomic mass is 127. The van der Waals surface area contributed by atoms with E-state index in [0.29, 0.717) is 23.8 Å². The minimum Gasteiger partial charge on any atom is -0.352 e. The van der Waals surface area contributed by atoms with Crippen molar-refractivity contribution in [3.8, 4) is 0 Å². The lowest BCUT2D eigenvalue weighted by molar-refractivity contribution is 0.606. The van der Waals surface area contributed by atoms with E-state index < -0.39 is 10.0 Å². The Labute approximate surface area is 183 Å². The van der Waals surface area contributed by atoms with Crippen LogP contribution in [0.4, 0.5) is 10.1 Å². The molecule has 1 unspecified atom stereocenters. The maximum Gasteiger partial charge on any atom is 0.229 e. The summed E-state index contributed by atoms with van der Waals surface area (Å²) in [5, 5.41) is 6.35. The molecule has 28 heavy (non-hydrogen) atoms. The van der Waals surface area contributed by atoms with Gasteiger partial charge in [-0.3, -0.25) is 9.71 Å². The van der Waals surface area contributed by atoms with Gasteiger partial charge in [0.15, 0.2) is 5.96 Å². The third kappa shape index (κ3) is 7.27. The van der Waals surface area contributed by atoms with E-state index in [1.165, 1.54) is 6.07 Å². The highest BCUT2D eigenvalue weighted by Gasteiger charge is 2.11. The third-order valence-corrected chi connectivity index (χ3v) is 4.62. The lowest BCUT2D eigenvalue weighted by Gasteiger charge is -2.19. The van der Waals surface area contributed by atoms with Crippen LogP contribution in [0.3, 0.4) is 0 Å². The highest BCUT2D eigenvalue weighted by Crippen LogP contribution is 2.17. The number of halogens is 2. The number of sulfonamides is 1. The number of aryl methyl sites for hydroxylation is 1. The van der Waals surface area contributed by atoms with Gasteiger partial charge in [0.1, 0.15) is 5.82 Å². The number of hydrogen-bond donors (Lipinski definition) is 3. The summed E-state index contributed by atoms with van der Waals surface area (Å²) in [6.07, 6.45) is 1.11. The van der Waals surface area contributed by atoms with Gasteiger partial charge in [0.05, 0.1) is 18.0 Å². The van der Waals surface area contributed by atoms with Gasteiger partial charge in [-0.2, -0.15) is 0 Å². The molecular formula is C19H26FIN4O2S. The maximum absolute atomic E-state index is 13.8. The first kappa shape index (κ1) is 24.2. The lowest BCUT2D eigenvalue weighted by Crippen LogP contribution is -2.38. The quantitative estimate of drug-likeness (QED) is 0.309. The molecule has 0 aliphatic heterocycles. The van der Waals surface area contributed by atoms with E-state index in [1.807, 2.05) is 25.1 Å². The predicted octanol–water partition coefficient (Wildman–Crippen LogP) is 3.55. The second-order valence-electron chi connectivity index (χ2n) is 6.33. The monoisotopic (exact) mass is 520 g/mol. The molecule has 2 aromatic rings. The number of nitrogens with one attached hydrogen (secondary N) is 3. The van der Waals surface area contributed by atoms with Crippen molar-refractivity contribution >= 4 is 45.6 Å². The lowest BCUT2D eigenvalue weighted by atomic mass is 10.1. The van der Waals surface area contributed by atoms with Gasteiger partial charge in [0, 0.05) is 13.6 Å². The van der Waals surface area contributed by atoms with E-state index in [9.17, 15) is 12.8 Å². The Kier molecular flexibility index (Phi) is 9.15. The molecule has 3 N–H and O–H groups in total. The van der Waals surface area contributed by atoms with Gasteiger partial charge < -0.3 is 10.6 Å². The van der Waals surface area contributed by atoms with Crippen LogP contribution >= 0.6 is 24.0 Å². The molecule has 0 radical (unpaired) electrons. The van der Waals surface area contributed by atoms with E-state index in [0.717, 1.165) is 17.4 Å². The van der Waals surface area contributed by atoms with Crippen molar-refractivity contribution in [3.05, 3.63) is 65.0 Å². The zero-order chi connectivity index (χ0) is 20.0. The summed E-state index contributed by atoms with van der Waals surface area (Å²) in [7, 11) is -1.73. The first-order valence-corrected chi connectivity index (χ1v) is 10.4. The van der Waals surface area contributed by atoms with Gasteiger partial charge in [-0.05, 0) is 42.7 Å². The number of benzene rings is 2. The highest BCUT2D eigenvalue weighted by molar-refractivity contribution is 14.0. The Hall–Kier alpha value is -1.88. The maximum atomic E-state index is 13.8. The molecule has 2 aromatic carbocycles. The van der Waals surface area contributed by atoms with Crippen molar-refractivity contribution in [1.82, 2.24) is 10.6 Å². The SMILES string of the molecule is CN=C(NCc1ccccc1NS(C)(=O)=O)NC(C)c1ccc(C)c(F)c1.I. The zero-order valence-electron chi connectivity index (χ0n) is 16.3. The van der Waals surface area contributed by atoms with Gasteiger partial charge in [-0.1, -0.05) is 30.3 Å². The van der Waals surface area contributed by atoms with Gasteiger partial charge in [-0.15, -0.1) is 24.0 Å². The van der Waals surface area contributed by atoms with Gasteiger partial charge in [-0.25, -0.2) is 12.8 Å². The zero-order valence-corrected chi connectivity index (χ0v) is 19.4. The van der Waals surface area contributed by atoms with Crippen molar-refractivity contribution in [1.29, 1.82) is 0 Å². The van der Waals surface area contributed by atoms with Gasteiger partial charge in [0.2, 0.25) is 10.0 Å². The van der Waals surface area contributed by atoms with E-state index in [4.69, 9.17) is 0 Å². The van der Waals surface area contributed by atoms with Crippen LogP contribution in [0.2, 0.25) is 0 Å². The molecule has 0 aliphatic rings. The molecule has 0 aromatic heterocycles. The number of hydrogen-bond acceptors (Lipinski definition) is 3.